The van der Waals surface area contributed by atoms with Crippen molar-refractivity contribution in [1.82, 2.24) is 20.0 Å². The van der Waals surface area contributed by atoms with Gasteiger partial charge in [0.2, 0.25) is 5.95 Å². The lowest BCUT2D eigenvalue weighted by atomic mass is 10.0. The quantitative estimate of drug-likeness (QED) is 0.452. The predicted octanol–water partition coefficient (Wildman–Crippen LogP) is 4.71. The summed E-state index contributed by atoms with van der Waals surface area (Å²) in [7, 11) is 0. The molecule has 0 atom stereocenters. The number of hydrogen-bond acceptors (Lipinski definition) is 6. The van der Waals surface area contributed by atoms with Crippen molar-refractivity contribution in [2.75, 3.05) is 5.73 Å². The van der Waals surface area contributed by atoms with Gasteiger partial charge in [-0.05, 0) is 23.8 Å². The summed E-state index contributed by atoms with van der Waals surface area (Å²) in [6.07, 6.45) is 2.97. The van der Waals surface area contributed by atoms with Gasteiger partial charge in [0, 0.05) is 28.4 Å². The highest BCUT2D eigenvalue weighted by Crippen LogP contribution is 2.50. The van der Waals surface area contributed by atoms with Crippen molar-refractivity contribution >= 4 is 40.2 Å². The zero-order valence-corrected chi connectivity index (χ0v) is 16.4. The molecule has 28 heavy (non-hydrogen) atoms. The third-order valence-corrected chi connectivity index (χ3v) is 5.88. The largest absolute Gasteiger partial charge is 0.397 e. The van der Waals surface area contributed by atoms with Gasteiger partial charge in [-0.3, -0.25) is 0 Å². The van der Waals surface area contributed by atoms with Crippen LogP contribution in [0, 0.1) is 5.95 Å². The molecule has 0 bridgehead atoms. The van der Waals surface area contributed by atoms with E-state index >= 15 is 0 Å². The first-order valence-corrected chi connectivity index (χ1v) is 9.56. The van der Waals surface area contributed by atoms with Crippen LogP contribution in [-0.2, 0) is 6.73 Å². The van der Waals surface area contributed by atoms with E-state index in [-0.39, 0.29) is 6.73 Å². The van der Waals surface area contributed by atoms with Crippen LogP contribution in [0.2, 0.25) is 10.0 Å². The zero-order valence-electron chi connectivity index (χ0n) is 14.1. The summed E-state index contributed by atoms with van der Waals surface area (Å²) in [6, 6.07) is 8.08. The Hall–Kier alpha value is -2.52. The number of pyridine rings is 1. The molecule has 0 saturated carbocycles. The molecule has 0 aliphatic heterocycles. The molecule has 142 valence electrons. The number of nitrogen functional groups attached to an aromatic ring is 1. The van der Waals surface area contributed by atoms with Crippen molar-refractivity contribution in [2.24, 2.45) is 0 Å². The van der Waals surface area contributed by atoms with Crippen LogP contribution >= 0.6 is 34.5 Å². The van der Waals surface area contributed by atoms with Gasteiger partial charge < -0.3 is 10.8 Å². The molecule has 4 aromatic rings. The van der Waals surface area contributed by atoms with Crippen LogP contribution in [0.4, 0.5) is 10.1 Å². The predicted molar refractivity (Wildman–Crippen MR) is 109 cm³/mol. The first-order valence-electron chi connectivity index (χ1n) is 7.99. The number of benzene rings is 1. The van der Waals surface area contributed by atoms with E-state index in [1.807, 2.05) is 0 Å². The lowest BCUT2D eigenvalue weighted by Crippen LogP contribution is -1.95. The Kier molecular flexibility index (Phi) is 5.03. The van der Waals surface area contributed by atoms with Crippen LogP contribution in [0.3, 0.4) is 0 Å². The second kappa shape index (κ2) is 7.48. The maximum absolute atomic E-state index is 13.7. The van der Waals surface area contributed by atoms with Crippen LogP contribution < -0.4 is 5.73 Å². The highest BCUT2D eigenvalue weighted by atomic mass is 35.5. The molecule has 0 aliphatic carbocycles. The molecular formula is C18H12Cl2FN5OS. The molecule has 0 spiro atoms. The number of aliphatic hydroxyl groups excluding tert-OH is 1. The van der Waals surface area contributed by atoms with E-state index in [0.717, 1.165) is 0 Å². The van der Waals surface area contributed by atoms with E-state index < -0.39 is 5.95 Å². The summed E-state index contributed by atoms with van der Waals surface area (Å²) in [5.74, 6) is -0.607. The number of anilines is 1. The number of nitrogens with two attached hydrogens (primary N) is 1. The molecule has 3 aromatic heterocycles. The van der Waals surface area contributed by atoms with Crippen LogP contribution in [0.25, 0.3) is 32.1 Å². The maximum Gasteiger partial charge on any atom is 0.213 e. The van der Waals surface area contributed by atoms with Crippen molar-refractivity contribution < 1.29 is 9.50 Å². The Bertz CT molecular complexity index is 1180. The van der Waals surface area contributed by atoms with Crippen molar-refractivity contribution in [2.45, 2.75) is 6.73 Å². The van der Waals surface area contributed by atoms with Crippen molar-refractivity contribution in [3.05, 3.63) is 58.7 Å². The molecule has 1 aromatic carbocycles. The molecule has 0 aliphatic rings. The number of thiophene rings is 1. The molecule has 4 rings (SSSR count). The number of aromatic nitrogens is 4. The highest BCUT2D eigenvalue weighted by Gasteiger charge is 2.23. The zero-order chi connectivity index (χ0) is 19.8. The van der Waals surface area contributed by atoms with E-state index in [0.29, 0.717) is 47.9 Å². The van der Waals surface area contributed by atoms with E-state index in [1.165, 1.54) is 28.3 Å². The topological polar surface area (TPSA) is 89.8 Å². The first kappa shape index (κ1) is 18.8. The van der Waals surface area contributed by atoms with Gasteiger partial charge in [0.05, 0.1) is 26.7 Å². The normalized spacial score (nSPS) is 11.1. The number of hydrogen-bond donors (Lipinski definition) is 2. The van der Waals surface area contributed by atoms with Gasteiger partial charge in [0.15, 0.2) is 0 Å². The Morgan fingerprint density at radius 1 is 1.18 bits per heavy atom. The summed E-state index contributed by atoms with van der Waals surface area (Å²) in [5.41, 5.74) is 9.29. The summed E-state index contributed by atoms with van der Waals surface area (Å²) < 4.78 is 14.9. The molecular weight excluding hydrogens is 424 g/mol. The average molecular weight is 436 g/mol. The van der Waals surface area contributed by atoms with Crippen LogP contribution in [0.1, 0.15) is 0 Å². The van der Waals surface area contributed by atoms with Crippen LogP contribution in [-0.4, -0.2) is 25.1 Å². The minimum atomic E-state index is -0.607. The minimum Gasteiger partial charge on any atom is -0.397 e. The SMILES string of the molecule is Nc1c(-c2ccnc(F)c2)sc(-c2cn(CO)nn2)c1-c1ccc(Cl)cc1Cl. The lowest BCUT2D eigenvalue weighted by molar-refractivity contribution is 0.192. The van der Waals surface area contributed by atoms with E-state index in [1.54, 1.807) is 30.5 Å². The Morgan fingerprint density at radius 2 is 2.00 bits per heavy atom. The minimum absolute atomic E-state index is 0.312. The number of aliphatic hydroxyl groups is 1. The van der Waals surface area contributed by atoms with Crippen LogP contribution in [0.5, 0.6) is 0 Å². The second-order valence-electron chi connectivity index (χ2n) is 5.83. The number of rotatable bonds is 4. The van der Waals surface area contributed by atoms with Gasteiger partial charge in [0.25, 0.3) is 0 Å². The third-order valence-electron chi connectivity index (χ3n) is 4.05. The molecule has 0 unspecified atom stereocenters. The van der Waals surface area contributed by atoms with Crippen molar-refractivity contribution in [3.8, 4) is 32.1 Å². The third kappa shape index (κ3) is 3.35. The molecule has 0 saturated heterocycles. The average Bonchev–Trinajstić information content (AvgIpc) is 3.26. The van der Waals surface area contributed by atoms with Gasteiger partial charge in [0.1, 0.15) is 12.4 Å². The maximum atomic E-state index is 13.7. The van der Waals surface area contributed by atoms with E-state index in [4.69, 9.17) is 28.9 Å². The van der Waals surface area contributed by atoms with Gasteiger partial charge in [-0.15, -0.1) is 16.4 Å². The fourth-order valence-corrected chi connectivity index (χ4v) is 4.50. The summed E-state index contributed by atoms with van der Waals surface area (Å²) in [6.45, 7) is -0.312. The van der Waals surface area contributed by atoms with Crippen molar-refractivity contribution in [1.29, 1.82) is 0 Å². The molecule has 6 nitrogen and oxygen atoms in total. The molecule has 0 fully saturated rings. The lowest BCUT2D eigenvalue weighted by Gasteiger charge is -2.07. The number of nitrogens with zero attached hydrogens (tertiary/aromatic N) is 4. The standard InChI is InChI=1S/C18H12Cl2FN5OS/c19-10-1-2-11(12(20)6-10)15-16(22)17(9-3-4-23-14(21)5-9)28-18(15)13-7-26(8-27)25-24-13/h1-7,27H,8,22H2. The molecule has 0 radical (unpaired) electrons. The molecule has 10 heteroatoms. The summed E-state index contributed by atoms with van der Waals surface area (Å²) in [4.78, 5) is 4.92. The van der Waals surface area contributed by atoms with E-state index in [2.05, 4.69) is 15.3 Å². The van der Waals surface area contributed by atoms with Gasteiger partial charge in [-0.2, -0.15) is 4.39 Å². The Labute approximate surface area is 173 Å². The van der Waals surface area contributed by atoms with Gasteiger partial charge in [-0.1, -0.05) is 34.5 Å². The summed E-state index contributed by atoms with van der Waals surface area (Å²) in [5, 5.41) is 18.2. The number of halogens is 3. The first-order chi connectivity index (χ1) is 13.5. The van der Waals surface area contributed by atoms with Gasteiger partial charge >= 0.3 is 0 Å². The molecule has 3 heterocycles. The monoisotopic (exact) mass is 435 g/mol. The van der Waals surface area contributed by atoms with Crippen molar-refractivity contribution in [3.63, 3.8) is 0 Å². The molecule has 3 N–H and O–H groups in total. The fraction of sp³-hybridized carbons (Fsp3) is 0.0556. The van der Waals surface area contributed by atoms with Crippen LogP contribution in [0.15, 0.2) is 42.7 Å². The van der Waals surface area contributed by atoms with E-state index in [9.17, 15) is 9.50 Å². The summed E-state index contributed by atoms with van der Waals surface area (Å²) >= 11 is 13.8. The Balaban J connectivity index is 1.99. The van der Waals surface area contributed by atoms with Gasteiger partial charge in [-0.25, -0.2) is 9.67 Å². The smallest absolute Gasteiger partial charge is 0.213 e. The second-order valence-corrected chi connectivity index (χ2v) is 7.69. The Morgan fingerprint density at radius 3 is 2.68 bits per heavy atom. The highest BCUT2D eigenvalue weighted by molar-refractivity contribution is 7.20. The fourth-order valence-electron chi connectivity index (χ4n) is 2.81. The molecule has 0 amide bonds.